The molecule has 8 nitrogen and oxygen atoms in total. The summed E-state index contributed by atoms with van der Waals surface area (Å²) in [7, 11) is 0. The van der Waals surface area contributed by atoms with Crippen LogP contribution in [0.1, 0.15) is 18.9 Å². The van der Waals surface area contributed by atoms with Gasteiger partial charge in [-0.1, -0.05) is 36.4 Å². The third-order valence-electron chi connectivity index (χ3n) is 6.35. The summed E-state index contributed by atoms with van der Waals surface area (Å²) in [5, 5.41) is 8.26. The van der Waals surface area contributed by atoms with E-state index in [-0.39, 0.29) is 12.3 Å². The zero-order chi connectivity index (χ0) is 22.4. The molecular formula is C25H27N7O. The lowest BCUT2D eigenvalue weighted by atomic mass is 10.1. The first kappa shape index (κ1) is 20.1. The van der Waals surface area contributed by atoms with E-state index in [1.807, 2.05) is 35.1 Å². The highest BCUT2D eigenvalue weighted by atomic mass is 16.5. The van der Waals surface area contributed by atoms with Crippen LogP contribution < -0.4 is 16.0 Å². The molecule has 33 heavy (non-hydrogen) atoms. The SMILES string of the molecule is C[C@H]1CN(c2nc3c(-c4ccc(-c5ccccc5)nc4)cnn3c3c2CCCN3)C[C@@H](N)O1. The molecule has 1 fully saturated rings. The van der Waals surface area contributed by atoms with Gasteiger partial charge in [0.15, 0.2) is 5.65 Å². The minimum Gasteiger partial charge on any atom is -0.370 e. The lowest BCUT2D eigenvalue weighted by molar-refractivity contribution is -0.0122. The number of pyridine rings is 1. The molecule has 0 aliphatic carbocycles. The van der Waals surface area contributed by atoms with Crippen molar-refractivity contribution in [1.29, 1.82) is 0 Å². The number of aromatic nitrogens is 4. The van der Waals surface area contributed by atoms with Crippen molar-refractivity contribution in [2.75, 3.05) is 29.9 Å². The van der Waals surface area contributed by atoms with Gasteiger partial charge in [0, 0.05) is 41.5 Å². The summed E-state index contributed by atoms with van der Waals surface area (Å²) in [6, 6.07) is 14.3. The van der Waals surface area contributed by atoms with Crippen molar-refractivity contribution in [3.63, 3.8) is 0 Å². The molecule has 4 aromatic rings. The summed E-state index contributed by atoms with van der Waals surface area (Å²) < 4.78 is 7.69. The lowest BCUT2D eigenvalue weighted by Gasteiger charge is -2.37. The van der Waals surface area contributed by atoms with Crippen molar-refractivity contribution >= 4 is 17.3 Å². The molecule has 3 aromatic heterocycles. The molecule has 0 radical (unpaired) electrons. The Bertz CT molecular complexity index is 1280. The van der Waals surface area contributed by atoms with Gasteiger partial charge in [0.25, 0.3) is 0 Å². The molecule has 8 heteroatoms. The van der Waals surface area contributed by atoms with Crippen LogP contribution in [0.3, 0.4) is 0 Å². The van der Waals surface area contributed by atoms with Crippen LogP contribution in [0.4, 0.5) is 11.6 Å². The Kier molecular flexibility index (Phi) is 4.96. The normalized spacial score (nSPS) is 20.5. The van der Waals surface area contributed by atoms with E-state index in [4.69, 9.17) is 25.5 Å². The minimum atomic E-state index is -0.321. The summed E-state index contributed by atoms with van der Waals surface area (Å²) >= 11 is 0. The molecule has 0 unspecified atom stereocenters. The molecule has 0 amide bonds. The second-order valence-electron chi connectivity index (χ2n) is 8.77. The number of benzene rings is 1. The van der Waals surface area contributed by atoms with E-state index in [1.54, 1.807) is 0 Å². The van der Waals surface area contributed by atoms with E-state index in [9.17, 15) is 0 Å². The number of rotatable bonds is 3. The van der Waals surface area contributed by atoms with E-state index >= 15 is 0 Å². The topological polar surface area (TPSA) is 93.6 Å². The molecule has 2 aliphatic heterocycles. The van der Waals surface area contributed by atoms with Crippen molar-refractivity contribution in [3.8, 4) is 22.4 Å². The molecule has 0 spiro atoms. The number of nitrogens with zero attached hydrogens (tertiary/aromatic N) is 5. The lowest BCUT2D eigenvalue weighted by Crippen LogP contribution is -2.51. The third-order valence-corrected chi connectivity index (χ3v) is 6.35. The summed E-state index contributed by atoms with van der Waals surface area (Å²) in [5.74, 6) is 2.00. The maximum atomic E-state index is 6.17. The van der Waals surface area contributed by atoms with Gasteiger partial charge in [0.1, 0.15) is 17.9 Å². The second kappa shape index (κ2) is 8.13. The standard InChI is InChI=1S/C25H27N7O/c1-16-14-31(15-22(26)33-16)24-19-8-5-11-27-23(19)32-25(30-24)20(13-29-32)18-9-10-21(28-12-18)17-6-3-2-4-7-17/h2-4,6-7,9-10,12-13,16,22,27H,5,8,11,14-15,26H2,1H3/t16-,22-/m0/s1. The van der Waals surface area contributed by atoms with Gasteiger partial charge in [-0.15, -0.1) is 0 Å². The van der Waals surface area contributed by atoms with Crippen LogP contribution in [0.5, 0.6) is 0 Å². The van der Waals surface area contributed by atoms with E-state index in [1.165, 1.54) is 5.56 Å². The van der Waals surface area contributed by atoms with Crippen LogP contribution >= 0.6 is 0 Å². The van der Waals surface area contributed by atoms with Gasteiger partial charge in [0.2, 0.25) is 0 Å². The molecule has 2 atom stereocenters. The van der Waals surface area contributed by atoms with E-state index < -0.39 is 0 Å². The largest absolute Gasteiger partial charge is 0.370 e. The molecule has 0 bridgehead atoms. The van der Waals surface area contributed by atoms with Gasteiger partial charge in [-0.25, -0.2) is 4.98 Å². The van der Waals surface area contributed by atoms with Gasteiger partial charge in [-0.2, -0.15) is 9.61 Å². The van der Waals surface area contributed by atoms with Gasteiger partial charge in [0.05, 0.1) is 24.5 Å². The fourth-order valence-corrected chi connectivity index (χ4v) is 4.86. The number of nitrogens with one attached hydrogen (secondary N) is 1. The number of morpholine rings is 1. The Morgan fingerprint density at radius 3 is 2.73 bits per heavy atom. The number of anilines is 2. The molecule has 1 aromatic carbocycles. The first-order chi connectivity index (χ1) is 16.2. The van der Waals surface area contributed by atoms with Crippen molar-refractivity contribution in [2.45, 2.75) is 32.1 Å². The average molecular weight is 442 g/mol. The smallest absolute Gasteiger partial charge is 0.167 e. The first-order valence-electron chi connectivity index (χ1n) is 11.5. The summed E-state index contributed by atoms with van der Waals surface area (Å²) in [6.45, 7) is 4.36. The zero-order valence-electron chi connectivity index (χ0n) is 18.6. The van der Waals surface area contributed by atoms with Gasteiger partial charge >= 0.3 is 0 Å². The molecular weight excluding hydrogens is 414 g/mol. The molecule has 168 valence electrons. The first-order valence-corrected chi connectivity index (χ1v) is 11.5. The fraction of sp³-hybridized carbons (Fsp3) is 0.320. The Balaban J connectivity index is 1.45. The van der Waals surface area contributed by atoms with E-state index in [2.05, 4.69) is 41.4 Å². The monoisotopic (exact) mass is 441 g/mol. The van der Waals surface area contributed by atoms with Gasteiger partial charge < -0.3 is 20.7 Å². The summed E-state index contributed by atoms with van der Waals surface area (Å²) in [5.41, 5.74) is 12.2. The Morgan fingerprint density at radius 1 is 1.06 bits per heavy atom. The van der Waals surface area contributed by atoms with Crippen LogP contribution in [0, 0.1) is 0 Å². The predicted octanol–water partition coefficient (Wildman–Crippen LogP) is 3.33. The van der Waals surface area contributed by atoms with Crippen LogP contribution in [-0.4, -0.2) is 51.5 Å². The highest BCUT2D eigenvalue weighted by molar-refractivity contribution is 5.81. The molecule has 2 aliphatic rings. The fourth-order valence-electron chi connectivity index (χ4n) is 4.86. The quantitative estimate of drug-likeness (QED) is 0.504. The summed E-state index contributed by atoms with van der Waals surface area (Å²) in [6.07, 6.45) is 5.55. The Labute approximate surface area is 192 Å². The Hall–Kier alpha value is -3.49. The van der Waals surface area contributed by atoms with Gasteiger partial charge in [-0.3, -0.25) is 4.98 Å². The maximum absolute atomic E-state index is 6.17. The number of ether oxygens (including phenoxy) is 1. The van der Waals surface area contributed by atoms with Crippen molar-refractivity contribution in [3.05, 3.63) is 60.4 Å². The predicted molar refractivity (Wildman–Crippen MR) is 129 cm³/mol. The molecule has 0 saturated carbocycles. The van der Waals surface area contributed by atoms with E-state index in [0.717, 1.165) is 65.6 Å². The maximum Gasteiger partial charge on any atom is 0.167 e. The molecule has 5 heterocycles. The van der Waals surface area contributed by atoms with Crippen LogP contribution in [0.2, 0.25) is 0 Å². The van der Waals surface area contributed by atoms with Crippen molar-refractivity contribution in [2.24, 2.45) is 5.73 Å². The van der Waals surface area contributed by atoms with Gasteiger partial charge in [-0.05, 0) is 25.8 Å². The number of hydrogen-bond donors (Lipinski definition) is 2. The summed E-state index contributed by atoms with van der Waals surface area (Å²) in [4.78, 5) is 12.1. The number of fused-ring (bicyclic) bond motifs is 3. The highest BCUT2D eigenvalue weighted by Crippen LogP contribution is 2.35. The molecule has 3 N–H and O–H groups in total. The highest BCUT2D eigenvalue weighted by Gasteiger charge is 2.29. The van der Waals surface area contributed by atoms with E-state index in [0.29, 0.717) is 6.54 Å². The van der Waals surface area contributed by atoms with Crippen LogP contribution in [0.15, 0.2) is 54.9 Å². The van der Waals surface area contributed by atoms with Crippen molar-refractivity contribution < 1.29 is 4.74 Å². The van der Waals surface area contributed by atoms with Crippen molar-refractivity contribution in [1.82, 2.24) is 19.6 Å². The van der Waals surface area contributed by atoms with Crippen LogP contribution in [-0.2, 0) is 11.2 Å². The Morgan fingerprint density at radius 2 is 1.94 bits per heavy atom. The minimum absolute atomic E-state index is 0.0538. The number of nitrogens with two attached hydrogens (primary N) is 1. The zero-order valence-corrected chi connectivity index (χ0v) is 18.6. The second-order valence-corrected chi connectivity index (χ2v) is 8.77. The molecule has 6 rings (SSSR count). The van der Waals surface area contributed by atoms with Crippen LogP contribution in [0.25, 0.3) is 28.0 Å². The molecule has 1 saturated heterocycles. The third kappa shape index (κ3) is 3.61. The number of hydrogen-bond acceptors (Lipinski definition) is 7. The average Bonchev–Trinajstić information content (AvgIpc) is 3.28.